The summed E-state index contributed by atoms with van der Waals surface area (Å²) in [5.74, 6) is 0. The van der Waals surface area contributed by atoms with Crippen LogP contribution in [0.15, 0.2) is 30.3 Å². The van der Waals surface area contributed by atoms with Crippen molar-refractivity contribution in [3.8, 4) is 0 Å². The molecule has 2 unspecified atom stereocenters. The molecule has 0 aliphatic carbocycles. The fraction of sp³-hybridized carbons (Fsp3) is 0.471. The number of benzene rings is 1. The van der Waals surface area contributed by atoms with E-state index in [4.69, 9.17) is 4.74 Å². The SMILES string of the molecule is CC(C)(C)OC(=O)NCCC(O)C(O)c1cc2ccccc2s1. The number of hydrogen-bond donors (Lipinski definition) is 3. The molecular weight excluding hydrogens is 314 g/mol. The van der Waals surface area contributed by atoms with Crippen molar-refractivity contribution in [2.24, 2.45) is 0 Å². The first-order valence-corrected chi connectivity index (χ1v) is 8.39. The lowest BCUT2D eigenvalue weighted by Crippen LogP contribution is -2.34. The maximum absolute atomic E-state index is 11.5. The topological polar surface area (TPSA) is 78.8 Å². The van der Waals surface area contributed by atoms with Crippen molar-refractivity contribution in [2.45, 2.75) is 45.0 Å². The molecule has 0 saturated carbocycles. The highest BCUT2D eigenvalue weighted by atomic mass is 32.1. The van der Waals surface area contributed by atoms with Gasteiger partial charge in [-0.05, 0) is 44.7 Å². The second-order valence-corrected chi connectivity index (χ2v) is 7.53. The summed E-state index contributed by atoms with van der Waals surface area (Å²) in [7, 11) is 0. The van der Waals surface area contributed by atoms with Crippen LogP contribution < -0.4 is 5.32 Å². The summed E-state index contributed by atoms with van der Waals surface area (Å²) in [6.07, 6.45) is -2.19. The smallest absolute Gasteiger partial charge is 0.407 e. The van der Waals surface area contributed by atoms with Crippen LogP contribution >= 0.6 is 11.3 Å². The van der Waals surface area contributed by atoms with Crippen molar-refractivity contribution in [2.75, 3.05) is 6.54 Å². The lowest BCUT2D eigenvalue weighted by Gasteiger charge is -2.20. The Balaban J connectivity index is 1.85. The maximum atomic E-state index is 11.5. The largest absolute Gasteiger partial charge is 0.444 e. The van der Waals surface area contributed by atoms with E-state index >= 15 is 0 Å². The van der Waals surface area contributed by atoms with Crippen LogP contribution in [0.1, 0.15) is 38.2 Å². The van der Waals surface area contributed by atoms with Gasteiger partial charge in [0.25, 0.3) is 0 Å². The number of alkyl carbamates (subject to hydrolysis) is 1. The van der Waals surface area contributed by atoms with E-state index in [2.05, 4.69) is 5.32 Å². The summed E-state index contributed by atoms with van der Waals surface area (Å²) in [5, 5.41) is 24.0. The van der Waals surface area contributed by atoms with Gasteiger partial charge < -0.3 is 20.3 Å². The van der Waals surface area contributed by atoms with E-state index < -0.39 is 23.9 Å². The number of carbonyl (C=O) groups excluding carboxylic acids is 1. The average Bonchev–Trinajstić information content (AvgIpc) is 2.88. The van der Waals surface area contributed by atoms with E-state index in [0.29, 0.717) is 0 Å². The van der Waals surface area contributed by atoms with Gasteiger partial charge in [-0.2, -0.15) is 0 Å². The van der Waals surface area contributed by atoms with E-state index in [1.165, 1.54) is 11.3 Å². The second-order valence-electron chi connectivity index (χ2n) is 6.42. The minimum Gasteiger partial charge on any atom is -0.444 e. The Morgan fingerprint density at radius 1 is 1.30 bits per heavy atom. The summed E-state index contributed by atoms with van der Waals surface area (Å²) < 4.78 is 6.18. The third kappa shape index (κ3) is 5.20. The van der Waals surface area contributed by atoms with Crippen molar-refractivity contribution >= 4 is 27.5 Å². The second kappa shape index (κ2) is 7.29. The number of carbonyl (C=O) groups is 1. The number of thiophene rings is 1. The van der Waals surface area contributed by atoms with Crippen LogP contribution in [-0.4, -0.2) is 34.6 Å². The summed E-state index contributed by atoms with van der Waals surface area (Å²) in [6, 6.07) is 9.71. The lowest BCUT2D eigenvalue weighted by atomic mass is 10.1. The summed E-state index contributed by atoms with van der Waals surface area (Å²) in [4.78, 5) is 12.2. The van der Waals surface area contributed by atoms with Crippen molar-refractivity contribution in [1.29, 1.82) is 0 Å². The standard InChI is InChI=1S/C17H23NO4S/c1-17(2,3)22-16(21)18-9-8-12(19)15(20)14-10-11-6-4-5-7-13(11)23-14/h4-7,10,12,15,19-20H,8-9H2,1-3H3,(H,18,21). The van der Waals surface area contributed by atoms with Crippen LogP contribution in [0.25, 0.3) is 10.1 Å². The number of aliphatic hydroxyl groups is 2. The highest BCUT2D eigenvalue weighted by Crippen LogP contribution is 2.31. The predicted molar refractivity (Wildman–Crippen MR) is 91.6 cm³/mol. The monoisotopic (exact) mass is 337 g/mol. The van der Waals surface area contributed by atoms with Crippen LogP contribution in [0.5, 0.6) is 0 Å². The number of aliphatic hydroxyl groups excluding tert-OH is 2. The van der Waals surface area contributed by atoms with Gasteiger partial charge in [0.1, 0.15) is 11.7 Å². The third-order valence-electron chi connectivity index (χ3n) is 3.21. The molecule has 0 fully saturated rings. The van der Waals surface area contributed by atoms with Gasteiger partial charge in [-0.25, -0.2) is 4.79 Å². The van der Waals surface area contributed by atoms with E-state index in [1.54, 1.807) is 20.8 Å². The van der Waals surface area contributed by atoms with Crippen LogP contribution in [0.3, 0.4) is 0 Å². The molecule has 0 bridgehead atoms. The molecular formula is C17H23NO4S. The first-order chi connectivity index (χ1) is 10.8. The van der Waals surface area contributed by atoms with E-state index in [-0.39, 0.29) is 13.0 Å². The number of rotatable bonds is 5. The zero-order valence-electron chi connectivity index (χ0n) is 13.6. The Morgan fingerprint density at radius 2 is 2.00 bits per heavy atom. The van der Waals surface area contributed by atoms with E-state index in [0.717, 1.165) is 15.0 Å². The Hall–Kier alpha value is -1.63. The van der Waals surface area contributed by atoms with Crippen molar-refractivity contribution in [3.63, 3.8) is 0 Å². The predicted octanol–water partition coefficient (Wildman–Crippen LogP) is 3.21. The van der Waals surface area contributed by atoms with Crippen LogP contribution in [0, 0.1) is 0 Å². The fourth-order valence-corrected chi connectivity index (χ4v) is 3.24. The molecule has 0 radical (unpaired) electrons. The highest BCUT2D eigenvalue weighted by Gasteiger charge is 2.21. The molecule has 6 heteroatoms. The minimum absolute atomic E-state index is 0.234. The van der Waals surface area contributed by atoms with Crippen molar-refractivity contribution in [1.82, 2.24) is 5.32 Å². The Kier molecular flexibility index (Phi) is 5.62. The number of hydrogen-bond acceptors (Lipinski definition) is 5. The number of nitrogens with one attached hydrogen (secondary N) is 1. The molecule has 5 nitrogen and oxygen atoms in total. The molecule has 1 aromatic carbocycles. The van der Waals surface area contributed by atoms with Crippen LogP contribution in [0.2, 0.25) is 0 Å². The maximum Gasteiger partial charge on any atom is 0.407 e. The molecule has 126 valence electrons. The zero-order chi connectivity index (χ0) is 17.0. The van der Waals surface area contributed by atoms with E-state index in [1.807, 2.05) is 30.3 Å². The molecule has 1 heterocycles. The zero-order valence-corrected chi connectivity index (χ0v) is 14.4. The number of amides is 1. The summed E-state index contributed by atoms with van der Waals surface area (Å²) in [6.45, 7) is 5.59. The van der Waals surface area contributed by atoms with Gasteiger partial charge in [0, 0.05) is 16.1 Å². The highest BCUT2D eigenvalue weighted by molar-refractivity contribution is 7.19. The molecule has 2 atom stereocenters. The molecule has 2 aromatic rings. The van der Waals surface area contributed by atoms with Gasteiger partial charge in [-0.1, -0.05) is 18.2 Å². The quantitative estimate of drug-likeness (QED) is 0.783. The first kappa shape index (κ1) is 17.7. The fourth-order valence-electron chi connectivity index (χ4n) is 2.13. The van der Waals surface area contributed by atoms with Gasteiger partial charge in [0.2, 0.25) is 0 Å². The number of ether oxygens (including phenoxy) is 1. The molecule has 3 N–H and O–H groups in total. The Bertz CT molecular complexity index is 629. The normalized spacial score (nSPS) is 14.5. The number of fused-ring (bicyclic) bond motifs is 1. The van der Waals surface area contributed by atoms with Gasteiger partial charge in [0.15, 0.2) is 0 Å². The van der Waals surface area contributed by atoms with Gasteiger partial charge in [-0.3, -0.25) is 0 Å². The van der Waals surface area contributed by atoms with Crippen molar-refractivity contribution in [3.05, 3.63) is 35.2 Å². The van der Waals surface area contributed by atoms with Gasteiger partial charge in [0.05, 0.1) is 6.10 Å². The Labute approximate surface area is 139 Å². The first-order valence-electron chi connectivity index (χ1n) is 7.58. The molecule has 2 rings (SSSR count). The average molecular weight is 337 g/mol. The molecule has 23 heavy (non-hydrogen) atoms. The molecule has 0 saturated heterocycles. The molecule has 1 aromatic heterocycles. The van der Waals surface area contributed by atoms with Crippen LogP contribution in [0.4, 0.5) is 4.79 Å². The minimum atomic E-state index is -0.965. The lowest BCUT2D eigenvalue weighted by molar-refractivity contribution is 0.0143. The van der Waals surface area contributed by atoms with E-state index in [9.17, 15) is 15.0 Å². The van der Waals surface area contributed by atoms with Gasteiger partial charge in [-0.15, -0.1) is 11.3 Å². The summed E-state index contributed by atoms with van der Waals surface area (Å²) >= 11 is 1.46. The molecule has 1 amide bonds. The molecule has 0 aliphatic heterocycles. The van der Waals surface area contributed by atoms with Crippen molar-refractivity contribution < 1.29 is 19.7 Å². The van der Waals surface area contributed by atoms with Gasteiger partial charge >= 0.3 is 6.09 Å². The van der Waals surface area contributed by atoms with Crippen LogP contribution in [-0.2, 0) is 4.74 Å². The molecule has 0 aliphatic rings. The molecule has 0 spiro atoms. The third-order valence-corrected chi connectivity index (χ3v) is 4.40. The Morgan fingerprint density at radius 3 is 2.65 bits per heavy atom. The summed E-state index contributed by atoms with van der Waals surface area (Å²) in [5.41, 5.74) is -0.556.